The maximum atomic E-state index is 10.1. The molecule has 10 heavy (non-hydrogen) atoms. The molecule has 2 fully saturated rings. The van der Waals surface area contributed by atoms with Crippen LogP contribution in [-0.2, 0) is 0 Å². The van der Waals surface area contributed by atoms with Crippen molar-refractivity contribution in [2.45, 2.75) is 51.0 Å². The highest BCUT2D eigenvalue weighted by Crippen LogP contribution is 2.56. The predicted octanol–water partition coefficient (Wildman–Crippen LogP) is 2.09. The Hall–Kier alpha value is -0.0400. The summed E-state index contributed by atoms with van der Waals surface area (Å²) in [6, 6.07) is 0. The van der Waals surface area contributed by atoms with Crippen molar-refractivity contribution in [3.05, 3.63) is 0 Å². The van der Waals surface area contributed by atoms with E-state index in [1.807, 2.05) is 0 Å². The normalized spacial score (nSPS) is 53.4. The molecule has 0 heterocycles. The van der Waals surface area contributed by atoms with Crippen LogP contribution < -0.4 is 0 Å². The van der Waals surface area contributed by atoms with Gasteiger partial charge in [0, 0.05) is 0 Å². The molecule has 0 amide bonds. The minimum atomic E-state index is -0.257. The highest BCUT2D eigenvalue weighted by molar-refractivity contribution is 5.05. The third kappa shape index (κ3) is 0.619. The van der Waals surface area contributed by atoms with E-state index < -0.39 is 0 Å². The highest BCUT2D eigenvalue weighted by atomic mass is 16.3. The summed E-state index contributed by atoms with van der Waals surface area (Å²) in [6.07, 6.45) is 7.11. The minimum Gasteiger partial charge on any atom is -0.389 e. The molecule has 0 aromatic carbocycles. The fourth-order valence-corrected chi connectivity index (χ4v) is 2.86. The maximum Gasteiger partial charge on any atom is 0.0701 e. The van der Waals surface area contributed by atoms with Gasteiger partial charge in [0.05, 0.1) is 5.60 Å². The first kappa shape index (κ1) is 6.66. The van der Waals surface area contributed by atoms with Crippen LogP contribution in [-0.4, -0.2) is 10.7 Å². The van der Waals surface area contributed by atoms with Gasteiger partial charge < -0.3 is 5.11 Å². The van der Waals surface area contributed by atoms with Gasteiger partial charge in [0.15, 0.2) is 0 Å². The van der Waals surface area contributed by atoms with Gasteiger partial charge in [-0.15, -0.1) is 0 Å². The van der Waals surface area contributed by atoms with E-state index in [0.29, 0.717) is 5.41 Å². The zero-order valence-corrected chi connectivity index (χ0v) is 6.69. The summed E-state index contributed by atoms with van der Waals surface area (Å²) in [5.74, 6) is 0. The zero-order valence-electron chi connectivity index (χ0n) is 6.69. The van der Waals surface area contributed by atoms with E-state index in [0.717, 1.165) is 12.8 Å². The van der Waals surface area contributed by atoms with Crippen LogP contribution in [0.2, 0.25) is 0 Å². The molecule has 2 rings (SSSR count). The topological polar surface area (TPSA) is 20.2 Å². The largest absolute Gasteiger partial charge is 0.389 e. The van der Waals surface area contributed by atoms with Gasteiger partial charge in [-0.25, -0.2) is 0 Å². The molecule has 0 bridgehead atoms. The Labute approximate surface area is 62.4 Å². The molecule has 2 aliphatic rings. The van der Waals surface area contributed by atoms with Crippen molar-refractivity contribution < 1.29 is 5.11 Å². The van der Waals surface area contributed by atoms with Crippen LogP contribution in [0.4, 0.5) is 0 Å². The first-order valence-electron chi connectivity index (χ1n) is 4.39. The molecule has 58 valence electrons. The van der Waals surface area contributed by atoms with Crippen LogP contribution in [0.5, 0.6) is 0 Å². The third-order valence-electron chi connectivity index (χ3n) is 3.76. The molecule has 0 saturated heterocycles. The second kappa shape index (κ2) is 1.76. The van der Waals surface area contributed by atoms with E-state index in [1.165, 1.54) is 25.7 Å². The summed E-state index contributed by atoms with van der Waals surface area (Å²) in [6.45, 7) is 2.26. The molecular weight excluding hydrogens is 124 g/mol. The molecule has 0 radical (unpaired) electrons. The molecule has 1 nitrogen and oxygen atoms in total. The summed E-state index contributed by atoms with van der Waals surface area (Å²) < 4.78 is 0. The van der Waals surface area contributed by atoms with Crippen molar-refractivity contribution in [2.75, 3.05) is 0 Å². The first-order valence-corrected chi connectivity index (χ1v) is 4.39. The summed E-state index contributed by atoms with van der Waals surface area (Å²) in [7, 11) is 0. The van der Waals surface area contributed by atoms with Crippen LogP contribution in [0, 0.1) is 5.41 Å². The van der Waals surface area contributed by atoms with Crippen LogP contribution in [0.3, 0.4) is 0 Å². The predicted molar refractivity (Wildman–Crippen MR) is 40.8 cm³/mol. The molecular formula is C9H16O. The van der Waals surface area contributed by atoms with Crippen molar-refractivity contribution in [3.63, 3.8) is 0 Å². The lowest BCUT2D eigenvalue weighted by Gasteiger charge is -2.32. The van der Waals surface area contributed by atoms with Crippen LogP contribution >= 0.6 is 0 Å². The quantitative estimate of drug-likeness (QED) is 0.546. The van der Waals surface area contributed by atoms with Gasteiger partial charge in [0.1, 0.15) is 0 Å². The average molecular weight is 140 g/mol. The Morgan fingerprint density at radius 3 is 1.90 bits per heavy atom. The number of fused-ring (bicyclic) bond motifs is 1. The van der Waals surface area contributed by atoms with E-state index in [9.17, 15) is 5.11 Å². The smallest absolute Gasteiger partial charge is 0.0701 e. The number of hydrogen-bond acceptors (Lipinski definition) is 1. The third-order valence-corrected chi connectivity index (χ3v) is 3.76. The first-order chi connectivity index (χ1) is 4.66. The van der Waals surface area contributed by atoms with E-state index in [2.05, 4.69) is 6.92 Å². The Kier molecular flexibility index (Phi) is 1.17. The number of hydrogen-bond donors (Lipinski definition) is 1. The van der Waals surface area contributed by atoms with Gasteiger partial charge in [0.2, 0.25) is 0 Å². The second-order valence-electron chi connectivity index (χ2n) is 4.30. The lowest BCUT2D eigenvalue weighted by molar-refractivity contribution is -0.0266. The van der Waals surface area contributed by atoms with E-state index in [1.54, 1.807) is 0 Å². The summed E-state index contributed by atoms with van der Waals surface area (Å²) in [5, 5.41) is 10.1. The van der Waals surface area contributed by atoms with Crippen molar-refractivity contribution in [1.29, 1.82) is 0 Å². The fraction of sp³-hybridized carbons (Fsp3) is 1.00. The lowest BCUT2D eigenvalue weighted by atomic mass is 9.79. The number of rotatable bonds is 0. The monoisotopic (exact) mass is 140 g/mol. The zero-order chi connectivity index (χ0) is 7.24. The molecule has 2 aliphatic carbocycles. The van der Waals surface area contributed by atoms with Gasteiger partial charge >= 0.3 is 0 Å². The van der Waals surface area contributed by atoms with E-state index in [4.69, 9.17) is 0 Å². The number of aliphatic hydroxyl groups is 1. The Balaban J connectivity index is 2.30. The van der Waals surface area contributed by atoms with Crippen molar-refractivity contribution >= 4 is 0 Å². The molecule has 0 aromatic rings. The van der Waals surface area contributed by atoms with Crippen LogP contribution in [0.1, 0.15) is 45.4 Å². The fourth-order valence-electron chi connectivity index (χ4n) is 2.86. The van der Waals surface area contributed by atoms with Gasteiger partial charge in [0.25, 0.3) is 0 Å². The SMILES string of the molecule is CC12CCCC1(O)CCC2. The highest BCUT2D eigenvalue weighted by Gasteiger charge is 2.53. The Bertz CT molecular complexity index is 125. The van der Waals surface area contributed by atoms with Gasteiger partial charge in [-0.05, 0) is 43.9 Å². The summed E-state index contributed by atoms with van der Waals surface area (Å²) >= 11 is 0. The molecule has 0 aliphatic heterocycles. The van der Waals surface area contributed by atoms with Gasteiger partial charge in [-0.3, -0.25) is 0 Å². The second-order valence-corrected chi connectivity index (χ2v) is 4.30. The van der Waals surface area contributed by atoms with E-state index in [-0.39, 0.29) is 5.60 Å². The van der Waals surface area contributed by atoms with Crippen LogP contribution in [0.25, 0.3) is 0 Å². The maximum absolute atomic E-state index is 10.1. The molecule has 2 saturated carbocycles. The van der Waals surface area contributed by atoms with Crippen molar-refractivity contribution in [2.24, 2.45) is 5.41 Å². The molecule has 0 spiro atoms. The molecule has 0 atom stereocenters. The standard InChI is InChI=1S/C9H16O/c1-8-4-2-6-9(8,10)7-3-5-8/h10H,2-7H2,1H3. The average Bonchev–Trinajstić information content (AvgIpc) is 2.20. The van der Waals surface area contributed by atoms with Crippen molar-refractivity contribution in [1.82, 2.24) is 0 Å². The molecule has 1 heteroatoms. The van der Waals surface area contributed by atoms with Gasteiger partial charge in [-0.1, -0.05) is 6.92 Å². The van der Waals surface area contributed by atoms with E-state index >= 15 is 0 Å². The van der Waals surface area contributed by atoms with Crippen LogP contribution in [0.15, 0.2) is 0 Å². The van der Waals surface area contributed by atoms with Gasteiger partial charge in [-0.2, -0.15) is 0 Å². The molecule has 0 aromatic heterocycles. The summed E-state index contributed by atoms with van der Waals surface area (Å²) in [4.78, 5) is 0. The molecule has 0 unspecified atom stereocenters. The molecule has 1 N–H and O–H groups in total. The van der Waals surface area contributed by atoms with Crippen molar-refractivity contribution in [3.8, 4) is 0 Å². The minimum absolute atomic E-state index is 0.257. The summed E-state index contributed by atoms with van der Waals surface area (Å²) in [5.41, 5.74) is 0.0417. The lowest BCUT2D eigenvalue weighted by Crippen LogP contribution is -2.36. The Morgan fingerprint density at radius 2 is 1.50 bits per heavy atom. The Morgan fingerprint density at radius 1 is 1.00 bits per heavy atom.